The van der Waals surface area contributed by atoms with Crippen molar-refractivity contribution in [2.45, 2.75) is 6.92 Å². The van der Waals surface area contributed by atoms with Gasteiger partial charge in [-0.25, -0.2) is 0 Å². The van der Waals surface area contributed by atoms with Gasteiger partial charge in [0.25, 0.3) is 0 Å². The van der Waals surface area contributed by atoms with Gasteiger partial charge in [0.15, 0.2) is 5.43 Å². The van der Waals surface area contributed by atoms with Crippen LogP contribution in [0.1, 0.15) is 5.56 Å². The number of benzene rings is 4. The molecule has 0 amide bonds. The van der Waals surface area contributed by atoms with E-state index in [1.54, 1.807) is 99.0 Å². The predicted molar refractivity (Wildman–Crippen MR) is 141 cm³/mol. The van der Waals surface area contributed by atoms with Gasteiger partial charge in [-0.2, -0.15) is 0 Å². The average molecular weight is 481 g/mol. The zero-order valence-electron chi connectivity index (χ0n) is 19.8. The molecule has 0 spiro atoms. The number of nitrogens with two attached hydrogens (primary N) is 2. The molecule has 7 nitrogen and oxygen atoms in total. The molecule has 0 saturated carbocycles. The Morgan fingerprint density at radius 1 is 0.667 bits per heavy atom. The van der Waals surface area contributed by atoms with Crippen LogP contribution in [0.2, 0.25) is 0 Å². The van der Waals surface area contributed by atoms with Crippen molar-refractivity contribution in [1.82, 2.24) is 0 Å². The lowest BCUT2D eigenvalue weighted by Gasteiger charge is -2.14. The summed E-state index contributed by atoms with van der Waals surface area (Å²) in [5.74, 6) is 3.19. The first-order valence-corrected chi connectivity index (χ1v) is 11.2. The van der Waals surface area contributed by atoms with Crippen LogP contribution in [0.25, 0.3) is 22.3 Å². The van der Waals surface area contributed by atoms with Crippen LogP contribution >= 0.6 is 0 Å². The van der Waals surface area contributed by atoms with E-state index in [4.69, 9.17) is 30.1 Å². The first-order chi connectivity index (χ1) is 17.4. The van der Waals surface area contributed by atoms with Crippen molar-refractivity contribution in [3.8, 4) is 40.1 Å². The Balaban J connectivity index is 1.64. The summed E-state index contributed by atoms with van der Waals surface area (Å²) in [7, 11) is 1.56. The lowest BCUT2D eigenvalue weighted by Crippen LogP contribution is -2.07. The second-order valence-electron chi connectivity index (χ2n) is 8.28. The van der Waals surface area contributed by atoms with Crippen molar-refractivity contribution in [3.05, 3.63) is 101 Å². The van der Waals surface area contributed by atoms with Crippen molar-refractivity contribution in [2.75, 3.05) is 18.6 Å². The Hall–Kier alpha value is -4.91. The number of hydrogen-bond donors (Lipinski definition) is 2. The molecule has 0 bridgehead atoms. The molecule has 7 heteroatoms. The fraction of sp³-hybridized carbons (Fsp3) is 0.0690. The van der Waals surface area contributed by atoms with Crippen molar-refractivity contribution in [3.63, 3.8) is 0 Å². The van der Waals surface area contributed by atoms with Gasteiger partial charge in [0.1, 0.15) is 40.1 Å². The Labute approximate surface area is 207 Å². The van der Waals surface area contributed by atoms with Gasteiger partial charge in [0, 0.05) is 34.6 Å². The monoisotopic (exact) mass is 480 g/mol. The third kappa shape index (κ3) is 4.67. The van der Waals surface area contributed by atoms with Crippen LogP contribution in [0.3, 0.4) is 0 Å². The molecule has 4 N–H and O–H groups in total. The maximum Gasteiger partial charge on any atom is 0.196 e. The number of fused-ring (bicyclic) bond motifs is 1. The Bertz CT molecular complexity index is 1540. The van der Waals surface area contributed by atoms with E-state index < -0.39 is 0 Å². The normalized spacial score (nSPS) is 10.8. The van der Waals surface area contributed by atoms with Crippen molar-refractivity contribution in [2.24, 2.45) is 0 Å². The number of methoxy groups -OCH3 is 1. The number of hydrogen-bond acceptors (Lipinski definition) is 7. The molecule has 0 radical (unpaired) electrons. The third-order valence-corrected chi connectivity index (χ3v) is 5.70. The highest BCUT2D eigenvalue weighted by Crippen LogP contribution is 2.36. The van der Waals surface area contributed by atoms with E-state index >= 15 is 0 Å². The molecule has 1 aromatic heterocycles. The molecule has 36 heavy (non-hydrogen) atoms. The van der Waals surface area contributed by atoms with E-state index in [0.29, 0.717) is 68.0 Å². The largest absolute Gasteiger partial charge is 0.497 e. The maximum absolute atomic E-state index is 13.2. The highest BCUT2D eigenvalue weighted by molar-refractivity contribution is 5.82. The van der Waals surface area contributed by atoms with E-state index in [0.717, 1.165) is 0 Å². The van der Waals surface area contributed by atoms with Gasteiger partial charge in [0.05, 0.1) is 12.5 Å². The van der Waals surface area contributed by atoms with Crippen LogP contribution in [0, 0.1) is 6.92 Å². The highest BCUT2D eigenvalue weighted by Gasteiger charge is 2.16. The van der Waals surface area contributed by atoms with Gasteiger partial charge in [-0.05, 0) is 79.7 Å². The van der Waals surface area contributed by atoms with Crippen LogP contribution in [0.4, 0.5) is 11.4 Å². The van der Waals surface area contributed by atoms with Crippen LogP contribution in [0.15, 0.2) is 94.1 Å². The number of anilines is 2. The Morgan fingerprint density at radius 3 is 1.72 bits per heavy atom. The standard InChI is InChI=1S/C29H24N2O5/c1-17-28(32)26-12-11-23(33-2)16-27(26)36-29(17)18-13-24(34-21-7-3-19(30)4-8-21)15-25(14-18)35-22-9-5-20(31)6-10-22/h3-16H,30-31H2,1-2H3. The summed E-state index contributed by atoms with van der Waals surface area (Å²) < 4.78 is 23.7. The molecule has 180 valence electrons. The lowest BCUT2D eigenvalue weighted by molar-refractivity contribution is 0.414. The first kappa shape index (κ1) is 22.9. The molecule has 0 fully saturated rings. The van der Waals surface area contributed by atoms with Gasteiger partial charge in [-0.15, -0.1) is 0 Å². The van der Waals surface area contributed by atoms with Crippen molar-refractivity contribution in [1.29, 1.82) is 0 Å². The molecule has 4 aromatic carbocycles. The Morgan fingerprint density at radius 2 is 1.19 bits per heavy atom. The smallest absolute Gasteiger partial charge is 0.196 e. The van der Waals surface area contributed by atoms with Gasteiger partial charge in [0.2, 0.25) is 0 Å². The van der Waals surface area contributed by atoms with E-state index in [2.05, 4.69) is 0 Å². The molecule has 0 aliphatic carbocycles. The molecule has 1 heterocycles. The van der Waals surface area contributed by atoms with Crippen molar-refractivity contribution < 1.29 is 18.6 Å². The molecule has 0 aliphatic rings. The summed E-state index contributed by atoms with van der Waals surface area (Å²) in [6.07, 6.45) is 0. The second kappa shape index (κ2) is 9.38. The summed E-state index contributed by atoms with van der Waals surface area (Å²) in [5, 5.41) is 0.477. The third-order valence-electron chi connectivity index (χ3n) is 5.70. The zero-order chi connectivity index (χ0) is 25.2. The summed E-state index contributed by atoms with van der Waals surface area (Å²) in [4.78, 5) is 13.2. The predicted octanol–water partition coefficient (Wildman–Crippen LogP) is 6.53. The Kier molecular flexibility index (Phi) is 5.96. The maximum atomic E-state index is 13.2. The van der Waals surface area contributed by atoms with Crippen LogP contribution in [-0.2, 0) is 0 Å². The number of ether oxygens (including phenoxy) is 3. The first-order valence-electron chi connectivity index (χ1n) is 11.2. The van der Waals surface area contributed by atoms with Gasteiger partial charge >= 0.3 is 0 Å². The second-order valence-corrected chi connectivity index (χ2v) is 8.28. The minimum atomic E-state index is -0.125. The molecular formula is C29H24N2O5. The summed E-state index contributed by atoms with van der Waals surface area (Å²) in [6, 6.07) is 24.6. The summed E-state index contributed by atoms with van der Waals surface area (Å²) >= 11 is 0. The van der Waals surface area contributed by atoms with E-state index in [9.17, 15) is 4.79 Å². The summed E-state index contributed by atoms with van der Waals surface area (Å²) in [5.41, 5.74) is 14.3. The SMILES string of the molecule is COc1ccc2c(=O)c(C)c(-c3cc(Oc4ccc(N)cc4)cc(Oc4ccc(N)cc4)c3)oc2c1. The lowest BCUT2D eigenvalue weighted by atomic mass is 10.0. The van der Waals surface area contributed by atoms with Gasteiger partial charge < -0.3 is 30.1 Å². The minimum absolute atomic E-state index is 0.125. The zero-order valence-corrected chi connectivity index (χ0v) is 19.8. The molecule has 0 unspecified atom stereocenters. The quantitative estimate of drug-likeness (QED) is 0.266. The molecule has 0 saturated heterocycles. The van der Waals surface area contributed by atoms with Crippen LogP contribution < -0.4 is 31.1 Å². The van der Waals surface area contributed by atoms with E-state index in [-0.39, 0.29) is 5.43 Å². The van der Waals surface area contributed by atoms with E-state index in [1.807, 2.05) is 0 Å². The number of rotatable bonds is 6. The van der Waals surface area contributed by atoms with Crippen LogP contribution in [0.5, 0.6) is 28.7 Å². The molecule has 0 aliphatic heterocycles. The fourth-order valence-electron chi connectivity index (χ4n) is 3.83. The van der Waals surface area contributed by atoms with Crippen LogP contribution in [-0.4, -0.2) is 7.11 Å². The number of nitrogen functional groups attached to an aromatic ring is 2. The average Bonchev–Trinajstić information content (AvgIpc) is 2.88. The molecule has 5 aromatic rings. The van der Waals surface area contributed by atoms with E-state index in [1.165, 1.54) is 0 Å². The minimum Gasteiger partial charge on any atom is -0.497 e. The summed E-state index contributed by atoms with van der Waals surface area (Å²) in [6.45, 7) is 1.73. The highest BCUT2D eigenvalue weighted by atomic mass is 16.5. The molecule has 0 atom stereocenters. The van der Waals surface area contributed by atoms with Crippen molar-refractivity contribution >= 4 is 22.3 Å². The fourth-order valence-corrected chi connectivity index (χ4v) is 3.83. The van der Waals surface area contributed by atoms with Gasteiger partial charge in [-0.1, -0.05) is 0 Å². The van der Waals surface area contributed by atoms with Gasteiger partial charge in [-0.3, -0.25) is 4.79 Å². The molecular weight excluding hydrogens is 456 g/mol. The molecule has 5 rings (SSSR count). The topological polar surface area (TPSA) is 110 Å².